The van der Waals surface area contributed by atoms with Crippen LogP contribution in [-0.4, -0.2) is 56.3 Å². The van der Waals surface area contributed by atoms with Crippen LogP contribution >= 0.6 is 0 Å². The van der Waals surface area contributed by atoms with Crippen LogP contribution in [0, 0.1) is 10.1 Å². The van der Waals surface area contributed by atoms with Crippen LogP contribution in [0.4, 0.5) is 17.1 Å². The molecule has 1 fully saturated rings. The van der Waals surface area contributed by atoms with Gasteiger partial charge in [-0.05, 0) is 55.7 Å². The predicted octanol–water partition coefficient (Wildman–Crippen LogP) is 3.63. The molecule has 3 rings (SSSR count). The first kappa shape index (κ1) is 25.4. The third-order valence-corrected chi connectivity index (χ3v) is 7.75. The smallest absolute Gasteiger partial charge is 0.312 e. The molecule has 184 valence electrons. The van der Waals surface area contributed by atoms with Crippen molar-refractivity contribution in [3.8, 4) is 5.75 Å². The second-order valence-corrected chi connectivity index (χ2v) is 9.85. The van der Waals surface area contributed by atoms with Crippen molar-refractivity contribution in [1.29, 1.82) is 0 Å². The zero-order valence-electron chi connectivity index (χ0n) is 19.4. The third kappa shape index (κ3) is 6.03. The number of amides is 1. The number of ether oxygens (including phenoxy) is 1. The summed E-state index contributed by atoms with van der Waals surface area (Å²) in [5.74, 6) is -0.668. The Morgan fingerprint density at radius 2 is 1.74 bits per heavy atom. The summed E-state index contributed by atoms with van der Waals surface area (Å²) in [4.78, 5) is 25.2. The van der Waals surface area contributed by atoms with Crippen molar-refractivity contribution in [2.75, 3.05) is 43.0 Å². The van der Waals surface area contributed by atoms with Crippen LogP contribution < -0.4 is 15.0 Å². The Balaban J connectivity index is 1.65. The van der Waals surface area contributed by atoms with Crippen molar-refractivity contribution in [2.24, 2.45) is 0 Å². The average Bonchev–Trinajstić information content (AvgIpc) is 2.84. The summed E-state index contributed by atoms with van der Waals surface area (Å²) in [5.41, 5.74) is 1.17. The molecule has 0 aromatic heterocycles. The van der Waals surface area contributed by atoms with Gasteiger partial charge in [0.1, 0.15) is 0 Å². The molecule has 1 aliphatic rings. The summed E-state index contributed by atoms with van der Waals surface area (Å²) >= 11 is 0. The summed E-state index contributed by atoms with van der Waals surface area (Å²) in [6.45, 7) is 5.44. The zero-order chi connectivity index (χ0) is 24.7. The highest BCUT2D eigenvalue weighted by Crippen LogP contribution is 2.31. The monoisotopic (exact) mass is 490 g/mol. The number of carbonyl (C=O) groups excluding carboxylic acids is 1. The second kappa shape index (κ2) is 11.3. The molecular formula is C23H30N4O6S. The molecule has 1 saturated heterocycles. The van der Waals surface area contributed by atoms with Gasteiger partial charge < -0.3 is 15.0 Å². The highest BCUT2D eigenvalue weighted by molar-refractivity contribution is 7.89. The lowest BCUT2D eigenvalue weighted by molar-refractivity contribution is -0.386. The highest BCUT2D eigenvalue weighted by atomic mass is 32.2. The van der Waals surface area contributed by atoms with Gasteiger partial charge >= 0.3 is 5.69 Å². The Morgan fingerprint density at radius 3 is 2.32 bits per heavy atom. The van der Waals surface area contributed by atoms with E-state index in [1.807, 2.05) is 12.1 Å². The molecule has 0 radical (unpaired) electrons. The molecule has 34 heavy (non-hydrogen) atoms. The lowest BCUT2D eigenvalue weighted by atomic mass is 10.1. The number of benzene rings is 2. The Morgan fingerprint density at radius 1 is 1.09 bits per heavy atom. The quantitative estimate of drug-likeness (QED) is 0.398. The maximum atomic E-state index is 12.7. The summed E-state index contributed by atoms with van der Waals surface area (Å²) in [6.07, 6.45) is 3.59. The van der Waals surface area contributed by atoms with Crippen molar-refractivity contribution in [3.05, 3.63) is 52.6 Å². The summed E-state index contributed by atoms with van der Waals surface area (Å²) in [5, 5.41) is 14.2. The van der Waals surface area contributed by atoms with E-state index < -0.39 is 33.1 Å². The van der Waals surface area contributed by atoms with Crippen molar-refractivity contribution in [1.82, 2.24) is 4.31 Å². The van der Waals surface area contributed by atoms with Gasteiger partial charge in [0.05, 0.1) is 9.82 Å². The van der Waals surface area contributed by atoms with E-state index in [0.29, 0.717) is 5.69 Å². The van der Waals surface area contributed by atoms with Gasteiger partial charge in [-0.1, -0.05) is 13.8 Å². The molecule has 0 bridgehead atoms. The van der Waals surface area contributed by atoms with Gasteiger partial charge in [-0.2, -0.15) is 4.31 Å². The molecule has 11 heteroatoms. The summed E-state index contributed by atoms with van der Waals surface area (Å²) in [6, 6.07) is 10.9. The SMILES string of the molecule is CCN(CC)S(=O)(=O)c1ccc(OCC(=O)Nc2ccc(N3CCCCC3)cc2)c([N+](=O)[O-])c1. The minimum Gasteiger partial charge on any atom is -0.477 e. The summed E-state index contributed by atoms with van der Waals surface area (Å²) < 4.78 is 31.9. The van der Waals surface area contributed by atoms with Gasteiger partial charge in [-0.25, -0.2) is 8.42 Å². The van der Waals surface area contributed by atoms with Crippen LogP contribution in [0.25, 0.3) is 0 Å². The van der Waals surface area contributed by atoms with E-state index in [9.17, 15) is 23.3 Å². The molecule has 2 aromatic carbocycles. The highest BCUT2D eigenvalue weighted by Gasteiger charge is 2.26. The van der Waals surface area contributed by atoms with Crippen LogP contribution in [-0.2, 0) is 14.8 Å². The number of nitro groups is 1. The van der Waals surface area contributed by atoms with E-state index in [-0.39, 0.29) is 23.7 Å². The number of piperidine rings is 1. The number of nitrogens with zero attached hydrogens (tertiary/aromatic N) is 3. The van der Waals surface area contributed by atoms with E-state index in [0.717, 1.165) is 24.8 Å². The molecule has 10 nitrogen and oxygen atoms in total. The molecule has 0 unspecified atom stereocenters. The Labute approximate surface area is 199 Å². The molecule has 0 spiro atoms. The molecule has 0 aliphatic carbocycles. The first-order chi connectivity index (χ1) is 16.3. The number of hydrogen-bond acceptors (Lipinski definition) is 7. The standard InChI is InChI=1S/C23H30N4O6S/c1-3-26(4-2)34(31,32)20-12-13-22(21(16-20)27(29)30)33-17-23(28)24-18-8-10-19(11-9-18)25-14-6-5-7-15-25/h8-13,16H,3-7,14-15,17H2,1-2H3,(H,24,28). The molecule has 2 aromatic rings. The normalized spacial score (nSPS) is 14.1. The number of nitrogens with one attached hydrogen (secondary N) is 1. The van der Waals surface area contributed by atoms with E-state index in [1.165, 1.54) is 35.7 Å². The average molecular weight is 491 g/mol. The first-order valence-electron chi connectivity index (χ1n) is 11.3. The predicted molar refractivity (Wildman–Crippen MR) is 130 cm³/mol. The Kier molecular flexibility index (Phi) is 8.46. The zero-order valence-corrected chi connectivity index (χ0v) is 20.2. The van der Waals surface area contributed by atoms with Gasteiger partial charge in [0.25, 0.3) is 5.91 Å². The van der Waals surface area contributed by atoms with Gasteiger partial charge in [0, 0.05) is 43.6 Å². The molecule has 1 aliphatic heterocycles. The van der Waals surface area contributed by atoms with Crippen molar-refractivity contribution < 1.29 is 22.9 Å². The van der Waals surface area contributed by atoms with Crippen molar-refractivity contribution in [2.45, 2.75) is 38.0 Å². The molecule has 1 N–H and O–H groups in total. The largest absolute Gasteiger partial charge is 0.477 e. The molecular weight excluding hydrogens is 460 g/mol. The topological polar surface area (TPSA) is 122 Å². The number of carbonyl (C=O) groups is 1. The number of sulfonamides is 1. The van der Waals surface area contributed by atoms with Crippen molar-refractivity contribution >= 4 is 33.0 Å². The minimum atomic E-state index is -3.87. The maximum Gasteiger partial charge on any atom is 0.312 e. The van der Waals surface area contributed by atoms with Crippen molar-refractivity contribution in [3.63, 3.8) is 0 Å². The van der Waals surface area contributed by atoms with Gasteiger partial charge in [-0.3, -0.25) is 14.9 Å². The fourth-order valence-electron chi connectivity index (χ4n) is 3.88. The number of anilines is 2. The Bertz CT molecular complexity index is 1110. The van der Waals surface area contributed by atoms with E-state index in [4.69, 9.17) is 4.74 Å². The third-order valence-electron chi connectivity index (χ3n) is 5.70. The fraction of sp³-hybridized carbons (Fsp3) is 0.435. The minimum absolute atomic E-state index is 0.181. The maximum absolute atomic E-state index is 12.7. The summed E-state index contributed by atoms with van der Waals surface area (Å²) in [7, 11) is -3.87. The van der Waals surface area contributed by atoms with Crippen LogP contribution in [0.1, 0.15) is 33.1 Å². The van der Waals surface area contributed by atoms with E-state index in [2.05, 4.69) is 10.2 Å². The molecule has 1 heterocycles. The number of nitro benzene ring substituents is 1. The molecule has 0 atom stereocenters. The number of rotatable bonds is 10. The fourth-order valence-corrected chi connectivity index (χ4v) is 5.36. The van der Waals surface area contributed by atoms with Crippen LogP contribution in [0.3, 0.4) is 0 Å². The lowest BCUT2D eigenvalue weighted by Gasteiger charge is -2.28. The number of hydrogen-bond donors (Lipinski definition) is 1. The van der Waals surface area contributed by atoms with Crippen LogP contribution in [0.2, 0.25) is 0 Å². The second-order valence-electron chi connectivity index (χ2n) is 7.91. The van der Waals surface area contributed by atoms with Crippen LogP contribution in [0.15, 0.2) is 47.4 Å². The first-order valence-corrected chi connectivity index (χ1v) is 12.8. The molecule has 1 amide bonds. The van der Waals surface area contributed by atoms with Gasteiger partial charge in [0.2, 0.25) is 10.0 Å². The van der Waals surface area contributed by atoms with E-state index in [1.54, 1.807) is 26.0 Å². The van der Waals surface area contributed by atoms with Gasteiger partial charge in [-0.15, -0.1) is 0 Å². The van der Waals surface area contributed by atoms with Gasteiger partial charge in [0.15, 0.2) is 12.4 Å². The Hall–Kier alpha value is -3.18. The molecule has 0 saturated carbocycles. The van der Waals surface area contributed by atoms with Crippen LogP contribution in [0.5, 0.6) is 5.75 Å². The van der Waals surface area contributed by atoms with E-state index >= 15 is 0 Å². The lowest BCUT2D eigenvalue weighted by Crippen LogP contribution is -2.30.